The molecule has 0 bridgehead atoms. The van der Waals surface area contributed by atoms with Crippen LogP contribution in [0.1, 0.15) is 39.5 Å². The molecule has 0 aliphatic rings. The number of rotatable bonds is 18. The van der Waals surface area contributed by atoms with Gasteiger partial charge in [0.25, 0.3) is 0 Å². The van der Waals surface area contributed by atoms with Crippen molar-refractivity contribution >= 4 is 34.7 Å². The minimum Gasteiger partial charge on any atom is -0.363 e. The van der Waals surface area contributed by atoms with E-state index in [4.69, 9.17) is 43.4 Å². The average Bonchev–Trinajstić information content (AvgIpc) is 2.66. The van der Waals surface area contributed by atoms with Crippen LogP contribution in [0, 0.1) is 0 Å². The Morgan fingerprint density at radius 1 is 0.714 bits per heavy atom. The SMILES string of the molecule is COCOCCNC(=S)NCCCCCCNC(=S)NCCOCOC(C)C. The molecule has 0 atom stereocenters. The third-order valence-electron chi connectivity index (χ3n) is 3.42. The Morgan fingerprint density at radius 2 is 1.18 bits per heavy atom. The Kier molecular flexibility index (Phi) is 20.4. The van der Waals surface area contributed by atoms with Crippen molar-refractivity contribution in [2.24, 2.45) is 0 Å². The van der Waals surface area contributed by atoms with E-state index in [2.05, 4.69) is 21.3 Å². The third kappa shape index (κ3) is 21.5. The fourth-order valence-electron chi connectivity index (χ4n) is 1.99. The van der Waals surface area contributed by atoms with E-state index in [1.165, 1.54) is 0 Å². The second-order valence-electron chi connectivity index (χ2n) is 6.34. The van der Waals surface area contributed by atoms with Crippen LogP contribution in [-0.4, -0.2) is 76.4 Å². The second kappa shape index (κ2) is 20.9. The molecule has 0 fully saturated rings. The lowest BCUT2D eigenvalue weighted by atomic mass is 10.2. The van der Waals surface area contributed by atoms with Gasteiger partial charge in [0.2, 0.25) is 0 Å². The predicted octanol–water partition coefficient (Wildman–Crippen LogP) is 1.49. The number of nitrogens with one attached hydrogen (secondary N) is 4. The van der Waals surface area contributed by atoms with Crippen molar-refractivity contribution in [3.63, 3.8) is 0 Å². The van der Waals surface area contributed by atoms with Crippen LogP contribution in [0.4, 0.5) is 0 Å². The van der Waals surface area contributed by atoms with Crippen molar-refractivity contribution in [1.82, 2.24) is 21.3 Å². The van der Waals surface area contributed by atoms with Crippen LogP contribution < -0.4 is 21.3 Å². The van der Waals surface area contributed by atoms with Crippen LogP contribution in [0.5, 0.6) is 0 Å². The lowest BCUT2D eigenvalue weighted by Crippen LogP contribution is -2.37. The first-order valence-electron chi connectivity index (χ1n) is 9.85. The molecule has 0 aromatic heterocycles. The van der Waals surface area contributed by atoms with Gasteiger partial charge in [-0.25, -0.2) is 0 Å². The fraction of sp³-hybridized carbons (Fsp3) is 0.889. The van der Waals surface area contributed by atoms with Gasteiger partial charge in [0.1, 0.15) is 13.6 Å². The van der Waals surface area contributed by atoms with E-state index < -0.39 is 0 Å². The quantitative estimate of drug-likeness (QED) is 0.143. The van der Waals surface area contributed by atoms with Crippen molar-refractivity contribution in [2.45, 2.75) is 45.6 Å². The molecule has 0 amide bonds. The molecule has 4 N–H and O–H groups in total. The number of ether oxygens (including phenoxy) is 4. The normalized spacial score (nSPS) is 10.7. The van der Waals surface area contributed by atoms with Crippen molar-refractivity contribution in [3.8, 4) is 0 Å². The lowest BCUT2D eigenvalue weighted by Gasteiger charge is -2.12. The van der Waals surface area contributed by atoms with Gasteiger partial charge in [-0.1, -0.05) is 12.8 Å². The second-order valence-corrected chi connectivity index (χ2v) is 7.15. The molecular formula is C18H38N4O4S2. The highest BCUT2D eigenvalue weighted by Crippen LogP contribution is 1.97. The first-order valence-corrected chi connectivity index (χ1v) is 10.7. The maximum atomic E-state index is 5.33. The third-order valence-corrected chi connectivity index (χ3v) is 4.00. The molecule has 0 spiro atoms. The molecule has 0 heterocycles. The molecule has 166 valence electrons. The first-order chi connectivity index (χ1) is 13.6. The van der Waals surface area contributed by atoms with Gasteiger partial charge >= 0.3 is 0 Å². The smallest absolute Gasteiger partial charge is 0.166 e. The molecule has 28 heavy (non-hydrogen) atoms. The molecule has 0 saturated heterocycles. The molecule has 0 saturated carbocycles. The topological polar surface area (TPSA) is 85.0 Å². The molecule has 10 heteroatoms. The van der Waals surface area contributed by atoms with Gasteiger partial charge < -0.3 is 40.2 Å². The monoisotopic (exact) mass is 438 g/mol. The summed E-state index contributed by atoms with van der Waals surface area (Å²) in [5.74, 6) is 0. The highest BCUT2D eigenvalue weighted by molar-refractivity contribution is 7.80. The molecule has 0 aromatic carbocycles. The van der Waals surface area contributed by atoms with Crippen molar-refractivity contribution in [3.05, 3.63) is 0 Å². The van der Waals surface area contributed by atoms with Gasteiger partial charge in [0.15, 0.2) is 10.2 Å². The zero-order chi connectivity index (χ0) is 20.9. The largest absolute Gasteiger partial charge is 0.363 e. The van der Waals surface area contributed by atoms with Crippen LogP contribution >= 0.6 is 24.4 Å². The highest BCUT2D eigenvalue weighted by atomic mass is 32.1. The number of hydrogen-bond donors (Lipinski definition) is 4. The van der Waals surface area contributed by atoms with Crippen LogP contribution in [0.2, 0.25) is 0 Å². The molecule has 0 unspecified atom stereocenters. The molecule has 8 nitrogen and oxygen atoms in total. The van der Waals surface area contributed by atoms with Crippen LogP contribution in [-0.2, 0) is 18.9 Å². The Hall–Kier alpha value is -0.780. The molecule has 0 aromatic rings. The summed E-state index contributed by atoms with van der Waals surface area (Å²) in [5, 5.41) is 13.9. The summed E-state index contributed by atoms with van der Waals surface area (Å²) in [7, 11) is 1.60. The first kappa shape index (κ1) is 27.2. The molecule has 0 aliphatic carbocycles. The van der Waals surface area contributed by atoms with E-state index in [-0.39, 0.29) is 6.10 Å². The van der Waals surface area contributed by atoms with Crippen molar-refractivity contribution < 1.29 is 18.9 Å². The lowest BCUT2D eigenvalue weighted by molar-refractivity contribution is -0.0766. The van der Waals surface area contributed by atoms with Gasteiger partial charge in [0.05, 0.1) is 19.3 Å². The Balaban J connectivity index is 3.27. The van der Waals surface area contributed by atoms with E-state index in [9.17, 15) is 0 Å². The summed E-state index contributed by atoms with van der Waals surface area (Å²) in [6, 6.07) is 0. The van der Waals surface area contributed by atoms with E-state index in [1.807, 2.05) is 13.8 Å². The van der Waals surface area contributed by atoms with Gasteiger partial charge in [-0.15, -0.1) is 0 Å². The van der Waals surface area contributed by atoms with Crippen LogP contribution in [0.15, 0.2) is 0 Å². The number of hydrogen-bond acceptors (Lipinski definition) is 6. The Morgan fingerprint density at radius 3 is 1.64 bits per heavy atom. The standard InChI is InChI=1S/C18H38N4O4S2/c1-16(2)26-15-25-13-11-22-18(28)20-9-7-5-4-6-8-19-17(27)21-10-12-24-14-23-3/h16H,4-15H2,1-3H3,(H2,19,21,27)(H2,20,22,28). The van der Waals surface area contributed by atoms with E-state index in [1.54, 1.807) is 7.11 Å². The molecule has 0 aliphatic heterocycles. The summed E-state index contributed by atoms with van der Waals surface area (Å²) < 4.78 is 20.6. The Bertz CT molecular complexity index is 391. The molecule has 0 rings (SSSR count). The van der Waals surface area contributed by atoms with Gasteiger partial charge in [-0.3, -0.25) is 0 Å². The predicted molar refractivity (Wildman–Crippen MR) is 121 cm³/mol. The Labute approximate surface area is 180 Å². The minimum atomic E-state index is 0.186. The maximum Gasteiger partial charge on any atom is 0.166 e. The van der Waals surface area contributed by atoms with E-state index in [0.717, 1.165) is 38.8 Å². The molecule has 0 radical (unpaired) electrons. The summed E-state index contributed by atoms with van der Waals surface area (Å²) in [6.07, 6.45) is 4.66. The van der Waals surface area contributed by atoms with Crippen molar-refractivity contribution in [1.29, 1.82) is 0 Å². The van der Waals surface area contributed by atoms with Crippen LogP contribution in [0.25, 0.3) is 0 Å². The van der Waals surface area contributed by atoms with Gasteiger partial charge in [-0.05, 0) is 51.1 Å². The zero-order valence-corrected chi connectivity index (χ0v) is 19.1. The minimum absolute atomic E-state index is 0.186. The average molecular weight is 439 g/mol. The highest BCUT2D eigenvalue weighted by Gasteiger charge is 1.98. The van der Waals surface area contributed by atoms with E-state index in [0.29, 0.717) is 50.1 Å². The maximum absolute atomic E-state index is 5.33. The summed E-state index contributed by atoms with van der Waals surface area (Å²) in [6.45, 7) is 8.81. The number of unbranched alkanes of at least 4 members (excludes halogenated alkanes) is 3. The van der Waals surface area contributed by atoms with E-state index >= 15 is 0 Å². The van der Waals surface area contributed by atoms with Crippen molar-refractivity contribution in [2.75, 3.05) is 60.1 Å². The van der Waals surface area contributed by atoms with Crippen LogP contribution in [0.3, 0.4) is 0 Å². The summed E-state index contributed by atoms with van der Waals surface area (Å²) in [5.41, 5.74) is 0. The fourth-order valence-corrected chi connectivity index (χ4v) is 2.40. The summed E-state index contributed by atoms with van der Waals surface area (Å²) in [4.78, 5) is 0. The van der Waals surface area contributed by atoms with Gasteiger partial charge in [-0.2, -0.15) is 0 Å². The molecular weight excluding hydrogens is 400 g/mol. The summed E-state index contributed by atoms with van der Waals surface area (Å²) >= 11 is 10.4. The zero-order valence-electron chi connectivity index (χ0n) is 17.5. The number of methoxy groups -OCH3 is 1. The number of thiocarbonyl (C=S) groups is 2. The van der Waals surface area contributed by atoms with Gasteiger partial charge in [0, 0.05) is 33.3 Å².